The summed E-state index contributed by atoms with van der Waals surface area (Å²) in [5, 5.41) is 8.64. The number of carbonyl (C=O) groups is 1. The fourth-order valence-corrected chi connectivity index (χ4v) is 4.80. The standard InChI is InChI=1S/C26H30N6O2/c1-16-11-20(12-17(2)34-16)28-26(33)24-14-19(21-7-9-31(3)25(21)29-24)13-18-5-6-22(27-15-18)23-8-10-32(4)30-23/h5-10,14-17,20H,11-13H2,1-4H3,(H,28,33). The second-order valence-electron chi connectivity index (χ2n) is 9.33. The van der Waals surface area contributed by atoms with Crippen LogP contribution in [-0.2, 0) is 25.3 Å². The largest absolute Gasteiger partial charge is 0.375 e. The van der Waals surface area contributed by atoms with Gasteiger partial charge >= 0.3 is 0 Å². The Morgan fingerprint density at radius 3 is 2.56 bits per heavy atom. The first-order chi connectivity index (χ1) is 16.4. The summed E-state index contributed by atoms with van der Waals surface area (Å²) in [4.78, 5) is 22.5. The second kappa shape index (κ2) is 9.02. The minimum absolute atomic E-state index is 0.0870. The first-order valence-corrected chi connectivity index (χ1v) is 11.7. The number of amides is 1. The van der Waals surface area contributed by atoms with Crippen molar-refractivity contribution in [3.63, 3.8) is 0 Å². The smallest absolute Gasteiger partial charge is 0.270 e. The van der Waals surface area contributed by atoms with E-state index in [2.05, 4.69) is 27.5 Å². The van der Waals surface area contributed by atoms with Gasteiger partial charge in [0.25, 0.3) is 5.91 Å². The molecule has 5 rings (SSSR count). The summed E-state index contributed by atoms with van der Waals surface area (Å²) in [5.74, 6) is -0.140. The molecule has 0 bridgehead atoms. The molecule has 1 fully saturated rings. The Balaban J connectivity index is 1.40. The molecule has 0 saturated carbocycles. The number of rotatable bonds is 5. The molecule has 2 atom stereocenters. The van der Waals surface area contributed by atoms with E-state index in [0.29, 0.717) is 12.1 Å². The maximum Gasteiger partial charge on any atom is 0.270 e. The number of aryl methyl sites for hydroxylation is 2. The molecule has 8 nitrogen and oxygen atoms in total. The average molecular weight is 459 g/mol. The maximum atomic E-state index is 13.2. The van der Waals surface area contributed by atoms with E-state index in [9.17, 15) is 4.79 Å². The minimum Gasteiger partial charge on any atom is -0.375 e. The molecule has 1 aliphatic heterocycles. The number of ether oxygens (including phenoxy) is 1. The number of aromatic nitrogens is 5. The van der Waals surface area contributed by atoms with Crippen molar-refractivity contribution in [3.8, 4) is 11.4 Å². The lowest BCUT2D eigenvalue weighted by molar-refractivity contribution is -0.0408. The summed E-state index contributed by atoms with van der Waals surface area (Å²) >= 11 is 0. The molecular weight excluding hydrogens is 428 g/mol. The highest BCUT2D eigenvalue weighted by Crippen LogP contribution is 2.24. The molecule has 1 amide bonds. The number of nitrogens with zero attached hydrogens (tertiary/aromatic N) is 5. The fraction of sp³-hybridized carbons (Fsp3) is 0.385. The van der Waals surface area contributed by atoms with Crippen LogP contribution in [0.5, 0.6) is 0 Å². The van der Waals surface area contributed by atoms with Gasteiger partial charge in [-0.1, -0.05) is 6.07 Å². The van der Waals surface area contributed by atoms with E-state index in [1.54, 1.807) is 4.68 Å². The molecule has 176 valence electrons. The zero-order chi connectivity index (χ0) is 23.8. The predicted molar refractivity (Wildman–Crippen MR) is 130 cm³/mol. The van der Waals surface area contributed by atoms with E-state index in [1.807, 2.05) is 69.3 Å². The van der Waals surface area contributed by atoms with Gasteiger partial charge in [-0.2, -0.15) is 5.10 Å². The number of carbonyl (C=O) groups excluding carboxylic acids is 1. The average Bonchev–Trinajstić information content (AvgIpc) is 3.39. The van der Waals surface area contributed by atoms with Crippen molar-refractivity contribution < 1.29 is 9.53 Å². The Hall–Kier alpha value is -3.52. The van der Waals surface area contributed by atoms with Crippen LogP contribution in [0.15, 0.2) is 48.9 Å². The van der Waals surface area contributed by atoms with Crippen LogP contribution >= 0.6 is 0 Å². The van der Waals surface area contributed by atoms with Crippen LogP contribution in [0.3, 0.4) is 0 Å². The molecule has 0 aromatic carbocycles. The van der Waals surface area contributed by atoms with E-state index in [-0.39, 0.29) is 24.2 Å². The first kappa shape index (κ1) is 22.3. The van der Waals surface area contributed by atoms with Gasteiger partial charge in [-0.15, -0.1) is 0 Å². The molecule has 0 radical (unpaired) electrons. The lowest BCUT2D eigenvalue weighted by Crippen LogP contribution is -2.44. The Morgan fingerprint density at radius 2 is 1.88 bits per heavy atom. The van der Waals surface area contributed by atoms with Crippen LogP contribution in [0.2, 0.25) is 0 Å². The molecule has 1 N–H and O–H groups in total. The van der Waals surface area contributed by atoms with Crippen LogP contribution in [0.4, 0.5) is 0 Å². The molecule has 1 aliphatic rings. The second-order valence-corrected chi connectivity index (χ2v) is 9.33. The minimum atomic E-state index is -0.140. The summed E-state index contributed by atoms with van der Waals surface area (Å²) < 4.78 is 9.53. The number of pyridine rings is 2. The van der Waals surface area contributed by atoms with Gasteiger partial charge < -0.3 is 14.6 Å². The van der Waals surface area contributed by atoms with E-state index in [4.69, 9.17) is 9.72 Å². The summed E-state index contributed by atoms with van der Waals surface area (Å²) in [6.45, 7) is 4.10. The summed E-state index contributed by atoms with van der Waals surface area (Å²) in [7, 11) is 3.84. The quantitative estimate of drug-likeness (QED) is 0.493. The van der Waals surface area contributed by atoms with Crippen molar-refractivity contribution in [1.29, 1.82) is 0 Å². The van der Waals surface area contributed by atoms with E-state index in [0.717, 1.165) is 46.4 Å². The lowest BCUT2D eigenvalue weighted by Gasteiger charge is -2.32. The lowest BCUT2D eigenvalue weighted by atomic mass is 9.99. The normalized spacial score (nSPS) is 20.5. The van der Waals surface area contributed by atoms with Gasteiger partial charge in [0.2, 0.25) is 0 Å². The van der Waals surface area contributed by atoms with E-state index >= 15 is 0 Å². The third kappa shape index (κ3) is 4.59. The van der Waals surface area contributed by atoms with Crippen LogP contribution in [0.1, 0.15) is 48.3 Å². The predicted octanol–water partition coefficient (Wildman–Crippen LogP) is 3.65. The van der Waals surface area contributed by atoms with Crippen LogP contribution < -0.4 is 5.32 Å². The van der Waals surface area contributed by atoms with Crippen molar-refractivity contribution >= 4 is 16.9 Å². The van der Waals surface area contributed by atoms with Gasteiger partial charge in [0.1, 0.15) is 17.0 Å². The van der Waals surface area contributed by atoms with Crippen molar-refractivity contribution in [2.75, 3.05) is 0 Å². The fourth-order valence-electron chi connectivity index (χ4n) is 4.80. The molecule has 0 aliphatic carbocycles. The van der Waals surface area contributed by atoms with Crippen molar-refractivity contribution in [1.82, 2.24) is 29.6 Å². The summed E-state index contributed by atoms with van der Waals surface area (Å²) in [6, 6.07) is 10.1. The Bertz CT molecular complexity index is 1310. The first-order valence-electron chi connectivity index (χ1n) is 11.7. The van der Waals surface area contributed by atoms with Crippen molar-refractivity contribution in [2.45, 2.75) is 51.4 Å². The molecular formula is C26H30N6O2. The molecule has 4 aromatic rings. The number of nitrogens with one attached hydrogen (secondary N) is 1. The van der Waals surface area contributed by atoms with Crippen molar-refractivity contribution in [3.05, 3.63) is 65.7 Å². The molecule has 4 aromatic heterocycles. The molecule has 34 heavy (non-hydrogen) atoms. The third-order valence-corrected chi connectivity index (χ3v) is 6.38. The van der Waals surface area contributed by atoms with Gasteiger partial charge in [0.05, 0.1) is 17.9 Å². The monoisotopic (exact) mass is 458 g/mol. The summed E-state index contributed by atoms with van der Waals surface area (Å²) in [6.07, 6.45) is 8.31. The molecule has 0 spiro atoms. The summed E-state index contributed by atoms with van der Waals surface area (Å²) in [5.41, 5.74) is 5.04. The zero-order valence-electron chi connectivity index (χ0n) is 20.0. The molecule has 2 unspecified atom stereocenters. The van der Waals surface area contributed by atoms with Gasteiger partial charge in [0.15, 0.2) is 0 Å². The van der Waals surface area contributed by atoms with E-state index < -0.39 is 0 Å². The van der Waals surface area contributed by atoms with Crippen molar-refractivity contribution in [2.24, 2.45) is 14.1 Å². The van der Waals surface area contributed by atoms with Crippen LogP contribution in [0.25, 0.3) is 22.4 Å². The van der Waals surface area contributed by atoms with Crippen LogP contribution in [-0.4, -0.2) is 48.5 Å². The number of hydrogen-bond donors (Lipinski definition) is 1. The Kier molecular flexibility index (Phi) is 5.91. The Labute approximate surface area is 199 Å². The maximum absolute atomic E-state index is 13.2. The van der Waals surface area contributed by atoms with Gasteiger partial charge in [-0.3, -0.25) is 14.5 Å². The van der Waals surface area contributed by atoms with Gasteiger partial charge in [0, 0.05) is 44.1 Å². The highest BCUT2D eigenvalue weighted by Gasteiger charge is 2.26. The number of fused-ring (bicyclic) bond motifs is 1. The molecule has 1 saturated heterocycles. The van der Waals surface area contributed by atoms with Gasteiger partial charge in [-0.25, -0.2) is 4.98 Å². The van der Waals surface area contributed by atoms with E-state index in [1.165, 1.54) is 0 Å². The zero-order valence-corrected chi connectivity index (χ0v) is 20.0. The molecule has 5 heterocycles. The van der Waals surface area contributed by atoms with Gasteiger partial charge in [-0.05, 0) is 68.5 Å². The van der Waals surface area contributed by atoms with Crippen LogP contribution in [0, 0.1) is 0 Å². The highest BCUT2D eigenvalue weighted by molar-refractivity contribution is 5.95. The SMILES string of the molecule is CC1CC(NC(=O)c2cc(Cc3ccc(-c4ccn(C)n4)nc3)c3ccn(C)c3n2)CC(C)O1. The highest BCUT2D eigenvalue weighted by atomic mass is 16.5. The molecule has 8 heteroatoms. The topological polar surface area (TPSA) is 86.9 Å². The third-order valence-electron chi connectivity index (χ3n) is 6.38. The number of hydrogen-bond acceptors (Lipinski definition) is 5. The Morgan fingerprint density at radius 1 is 1.09 bits per heavy atom.